The van der Waals surface area contributed by atoms with E-state index < -0.39 is 0 Å². The summed E-state index contributed by atoms with van der Waals surface area (Å²) in [6.45, 7) is 6.62. The third-order valence-corrected chi connectivity index (χ3v) is 4.28. The van der Waals surface area contributed by atoms with Gasteiger partial charge < -0.3 is 0 Å². The quantitative estimate of drug-likeness (QED) is 0.657. The normalized spacial score (nSPS) is 13.4. The van der Waals surface area contributed by atoms with Gasteiger partial charge in [0.05, 0.1) is 17.4 Å². The maximum atomic E-state index is 5.74. The zero-order chi connectivity index (χ0) is 14.6. The van der Waals surface area contributed by atoms with Crippen LogP contribution in [0.5, 0.6) is 0 Å². The van der Waals surface area contributed by atoms with Gasteiger partial charge in [0, 0.05) is 16.7 Å². The molecule has 0 amide bonds. The highest BCUT2D eigenvalue weighted by Gasteiger charge is 2.19. The zero-order valence-corrected chi connectivity index (χ0v) is 13.0. The van der Waals surface area contributed by atoms with Gasteiger partial charge in [-0.3, -0.25) is 11.3 Å². The minimum atomic E-state index is 0.0712. The summed E-state index contributed by atoms with van der Waals surface area (Å²) in [6, 6.07) is 12.2. The number of thioether (sulfide) groups is 1. The molecular formula is C15H22N4S. The maximum absolute atomic E-state index is 5.74. The molecule has 0 saturated heterocycles. The Labute approximate surface area is 124 Å². The molecule has 0 aliphatic carbocycles. The maximum Gasteiger partial charge on any atom is 0.0724 e. The number of aromatic nitrogens is 2. The van der Waals surface area contributed by atoms with Gasteiger partial charge >= 0.3 is 0 Å². The molecule has 0 saturated carbocycles. The monoisotopic (exact) mass is 290 g/mol. The van der Waals surface area contributed by atoms with Gasteiger partial charge in [0.25, 0.3) is 0 Å². The lowest BCUT2D eigenvalue weighted by Crippen LogP contribution is -2.32. The first kappa shape index (κ1) is 15.1. The summed E-state index contributed by atoms with van der Waals surface area (Å²) in [7, 11) is 0. The van der Waals surface area contributed by atoms with Crippen LogP contribution in [0.1, 0.15) is 32.5 Å². The van der Waals surface area contributed by atoms with Crippen LogP contribution in [0.3, 0.4) is 0 Å². The lowest BCUT2D eigenvalue weighted by molar-refractivity contribution is 0.572. The van der Waals surface area contributed by atoms with Gasteiger partial charge in [-0.15, -0.1) is 0 Å². The van der Waals surface area contributed by atoms with Gasteiger partial charge in [0.15, 0.2) is 0 Å². The Hall–Kier alpha value is -1.30. The van der Waals surface area contributed by atoms with E-state index in [0.717, 1.165) is 17.1 Å². The van der Waals surface area contributed by atoms with Crippen LogP contribution < -0.4 is 11.3 Å². The second-order valence-electron chi connectivity index (χ2n) is 5.65. The summed E-state index contributed by atoms with van der Waals surface area (Å²) in [4.78, 5) is 0. The summed E-state index contributed by atoms with van der Waals surface area (Å²) in [5, 5.41) is 4.41. The van der Waals surface area contributed by atoms with Crippen molar-refractivity contribution >= 4 is 11.8 Å². The molecule has 20 heavy (non-hydrogen) atoms. The van der Waals surface area contributed by atoms with Crippen molar-refractivity contribution in [1.29, 1.82) is 0 Å². The topological polar surface area (TPSA) is 55.9 Å². The van der Waals surface area contributed by atoms with Crippen molar-refractivity contribution in [3.05, 3.63) is 48.3 Å². The molecule has 3 N–H and O–H groups in total. The van der Waals surface area contributed by atoms with E-state index in [0.29, 0.717) is 0 Å². The fraction of sp³-hybridized carbons (Fsp3) is 0.400. The third kappa shape index (κ3) is 3.85. The molecule has 0 radical (unpaired) electrons. The van der Waals surface area contributed by atoms with E-state index in [9.17, 15) is 0 Å². The van der Waals surface area contributed by atoms with Crippen LogP contribution in [-0.4, -0.2) is 20.3 Å². The lowest BCUT2D eigenvalue weighted by Gasteiger charge is -2.23. The van der Waals surface area contributed by atoms with Crippen LogP contribution in [0, 0.1) is 0 Å². The van der Waals surface area contributed by atoms with E-state index in [1.165, 1.54) is 0 Å². The number of hydrogen-bond acceptors (Lipinski definition) is 4. The molecule has 1 atom stereocenters. The van der Waals surface area contributed by atoms with E-state index in [-0.39, 0.29) is 10.8 Å². The molecule has 0 aliphatic heterocycles. The Morgan fingerprint density at radius 3 is 2.55 bits per heavy atom. The number of rotatable bonds is 5. The smallest absolute Gasteiger partial charge is 0.0724 e. The van der Waals surface area contributed by atoms with Gasteiger partial charge in [-0.2, -0.15) is 16.9 Å². The Morgan fingerprint density at radius 2 is 1.95 bits per heavy atom. The first-order chi connectivity index (χ1) is 9.51. The predicted octanol–water partition coefficient (Wildman–Crippen LogP) is 2.91. The van der Waals surface area contributed by atoms with Crippen molar-refractivity contribution in [2.45, 2.75) is 31.6 Å². The van der Waals surface area contributed by atoms with E-state index in [1.807, 2.05) is 59.0 Å². The number of benzene rings is 1. The molecule has 1 unspecified atom stereocenters. The molecule has 1 heterocycles. The summed E-state index contributed by atoms with van der Waals surface area (Å²) < 4.78 is 2.15. The lowest BCUT2D eigenvalue weighted by atomic mass is 10.2. The second kappa shape index (κ2) is 6.43. The van der Waals surface area contributed by atoms with Crippen LogP contribution in [-0.2, 0) is 0 Å². The largest absolute Gasteiger partial charge is 0.271 e. The van der Waals surface area contributed by atoms with Gasteiger partial charge in [-0.05, 0) is 18.2 Å². The molecule has 4 nitrogen and oxygen atoms in total. The molecule has 2 aromatic rings. The van der Waals surface area contributed by atoms with Crippen molar-refractivity contribution in [3.8, 4) is 5.69 Å². The summed E-state index contributed by atoms with van der Waals surface area (Å²) in [5.74, 6) is 6.64. The number of hydrogen-bond donors (Lipinski definition) is 2. The Kier molecular flexibility index (Phi) is 4.86. The van der Waals surface area contributed by atoms with Crippen LogP contribution in [0.4, 0.5) is 0 Å². The summed E-state index contributed by atoms with van der Waals surface area (Å²) in [5.41, 5.74) is 5.03. The average Bonchev–Trinajstić information content (AvgIpc) is 2.88. The molecule has 108 valence electrons. The summed E-state index contributed by atoms with van der Waals surface area (Å²) in [6.07, 6.45) is 1.81. The fourth-order valence-electron chi connectivity index (χ4n) is 1.91. The number of para-hydroxylation sites is 1. The highest BCUT2D eigenvalue weighted by molar-refractivity contribution is 8.00. The Balaban J connectivity index is 2.21. The minimum absolute atomic E-state index is 0.0712. The van der Waals surface area contributed by atoms with Crippen molar-refractivity contribution in [1.82, 2.24) is 15.2 Å². The van der Waals surface area contributed by atoms with Crippen molar-refractivity contribution in [2.75, 3.05) is 5.75 Å². The predicted molar refractivity (Wildman–Crippen MR) is 85.8 cm³/mol. The molecule has 0 aliphatic rings. The van der Waals surface area contributed by atoms with Gasteiger partial charge in [0.2, 0.25) is 0 Å². The minimum Gasteiger partial charge on any atom is -0.271 e. The number of nitrogens with two attached hydrogens (primary N) is 1. The number of nitrogens with zero attached hydrogens (tertiary/aromatic N) is 2. The number of hydrazine groups is 1. The third-order valence-electron chi connectivity index (χ3n) is 2.91. The van der Waals surface area contributed by atoms with E-state index in [1.54, 1.807) is 0 Å². The van der Waals surface area contributed by atoms with Crippen LogP contribution >= 0.6 is 11.8 Å². The van der Waals surface area contributed by atoms with E-state index >= 15 is 0 Å². The van der Waals surface area contributed by atoms with Crippen LogP contribution in [0.15, 0.2) is 42.6 Å². The van der Waals surface area contributed by atoms with Gasteiger partial charge in [-0.1, -0.05) is 39.0 Å². The van der Waals surface area contributed by atoms with E-state index in [2.05, 4.69) is 31.3 Å². The zero-order valence-electron chi connectivity index (χ0n) is 12.2. The summed E-state index contributed by atoms with van der Waals surface area (Å²) >= 11 is 1.88. The molecule has 0 fully saturated rings. The fourth-order valence-corrected chi connectivity index (χ4v) is 2.85. The molecule has 1 aromatic carbocycles. The molecule has 0 spiro atoms. The molecule has 1 aromatic heterocycles. The standard InChI is InChI=1S/C15H22N4S/c1-15(2,3)20-11-13(18-16)14-9-10-17-19(14)12-7-5-4-6-8-12/h4-10,13,18H,11,16H2,1-3H3. The van der Waals surface area contributed by atoms with Gasteiger partial charge in [-0.25, -0.2) is 4.68 Å². The van der Waals surface area contributed by atoms with Crippen molar-refractivity contribution < 1.29 is 0 Å². The van der Waals surface area contributed by atoms with Crippen molar-refractivity contribution in [2.24, 2.45) is 5.84 Å². The molecule has 2 rings (SSSR count). The molecule has 5 heteroatoms. The first-order valence-corrected chi connectivity index (χ1v) is 7.69. The Morgan fingerprint density at radius 1 is 1.25 bits per heavy atom. The molecular weight excluding hydrogens is 268 g/mol. The second-order valence-corrected chi connectivity index (χ2v) is 7.49. The van der Waals surface area contributed by atoms with Gasteiger partial charge in [0.1, 0.15) is 0 Å². The van der Waals surface area contributed by atoms with Crippen LogP contribution in [0.25, 0.3) is 5.69 Å². The van der Waals surface area contributed by atoms with Crippen LogP contribution in [0.2, 0.25) is 0 Å². The average molecular weight is 290 g/mol. The van der Waals surface area contributed by atoms with Crippen molar-refractivity contribution in [3.63, 3.8) is 0 Å². The highest BCUT2D eigenvalue weighted by Crippen LogP contribution is 2.28. The Bertz CT molecular complexity index is 530. The first-order valence-electron chi connectivity index (χ1n) is 6.71. The van der Waals surface area contributed by atoms with E-state index in [4.69, 9.17) is 5.84 Å². The molecule has 0 bridgehead atoms. The number of nitrogens with one attached hydrogen (secondary N) is 1. The highest BCUT2D eigenvalue weighted by atomic mass is 32.2. The SMILES string of the molecule is CC(C)(C)SCC(NN)c1ccnn1-c1ccccc1.